The summed E-state index contributed by atoms with van der Waals surface area (Å²) in [5, 5.41) is 44.0. The van der Waals surface area contributed by atoms with Crippen LogP contribution in [0.4, 0.5) is 0 Å². The number of primary amides is 1. The normalized spacial score (nSPS) is 14.0. The number of thioether (sulfide) groups is 1. The average Bonchev–Trinajstić information content (AvgIpc) is 4.20. The van der Waals surface area contributed by atoms with Gasteiger partial charge in [-0.1, -0.05) is 45.9 Å². The van der Waals surface area contributed by atoms with Gasteiger partial charge in [-0.2, -0.15) is 11.8 Å². The molecule has 1 aromatic carbocycles. The molecule has 0 saturated carbocycles. The molecule has 3 aromatic rings. The van der Waals surface area contributed by atoms with Crippen LogP contribution in [0.15, 0.2) is 43.0 Å². The minimum Gasteiger partial charge on any atom is -0.481 e. The van der Waals surface area contributed by atoms with Crippen molar-refractivity contribution in [2.75, 3.05) is 31.6 Å². The van der Waals surface area contributed by atoms with Crippen LogP contribution in [0.25, 0.3) is 10.9 Å². The Hall–Kier alpha value is -8.61. The van der Waals surface area contributed by atoms with Crippen molar-refractivity contribution in [2.45, 2.75) is 128 Å². The van der Waals surface area contributed by atoms with E-state index in [0.717, 1.165) is 0 Å². The zero-order chi connectivity index (χ0) is 61.2. The molecular weight excluding hydrogens is 1090 g/mol. The van der Waals surface area contributed by atoms with E-state index in [0.29, 0.717) is 27.9 Å². The minimum absolute atomic E-state index is 0.121. The maximum Gasteiger partial charge on any atom is 0.326 e. The third-order valence-electron chi connectivity index (χ3n) is 12.3. The first-order valence-electron chi connectivity index (χ1n) is 26.1. The Kier molecular flexibility index (Phi) is 27.9. The Morgan fingerprint density at radius 3 is 1.78 bits per heavy atom. The number of carbonyl (C=O) groups is 13. The summed E-state index contributed by atoms with van der Waals surface area (Å²) in [5.41, 5.74) is 12.2. The lowest BCUT2D eigenvalue weighted by Crippen LogP contribution is -2.59. The standard InChI is InChI=1S/C51H75N15O15S/c1-25(2)15-34(48(77)63-33(51(80)81)13-14-82-6)64-49(78)36(17-29-21-54-24-58-29)62-41(70)23-57-50(79)43(26(3)4)66-44(73)27(5)59-47(76)35(16-28-20-55-31-10-8-7-9-30(28)31)65-46(75)32(11-12-38(53)67)60-40(69)22-56-45(74)37(18-42(71)72)61-39(68)19-52/h7-10,20-21,24-27,32-37,43,55H,11-19,22-23,52H2,1-6H3,(H2,53,67)(H,54,58)(H,56,74)(H,57,79)(H,59,76)(H,60,69)(H,61,68)(H,62,70)(H,63,77)(H,64,78)(H,65,75)(H,66,73)(H,71,72)(H,80,81)/t27-,32-,33-,34-,35-,36-,37-,43-/m0/s1. The third-order valence-corrected chi connectivity index (χ3v) is 13.0. The summed E-state index contributed by atoms with van der Waals surface area (Å²) in [6.07, 6.45) is 4.36. The van der Waals surface area contributed by atoms with Gasteiger partial charge >= 0.3 is 11.9 Å². The molecule has 0 saturated heterocycles. The fourth-order valence-electron chi connectivity index (χ4n) is 8.01. The van der Waals surface area contributed by atoms with Crippen LogP contribution in [0, 0.1) is 11.8 Å². The second-order valence-corrected chi connectivity index (χ2v) is 20.8. The molecule has 0 aliphatic heterocycles. The fraction of sp³-hybridized carbons (Fsp3) is 0.529. The summed E-state index contributed by atoms with van der Waals surface area (Å²) in [6, 6.07) is -4.10. The fourth-order valence-corrected chi connectivity index (χ4v) is 8.48. The number of nitrogens with one attached hydrogen (secondary N) is 12. The number of carboxylic acid groups (broad SMARTS) is 2. The van der Waals surface area contributed by atoms with Gasteiger partial charge in [0.05, 0.1) is 32.4 Å². The molecule has 82 heavy (non-hydrogen) atoms. The number of nitrogens with two attached hydrogens (primary N) is 2. The first-order chi connectivity index (χ1) is 38.7. The Bertz CT molecular complexity index is 2740. The quantitative estimate of drug-likeness (QED) is 0.0264. The van der Waals surface area contributed by atoms with E-state index in [4.69, 9.17) is 11.5 Å². The Morgan fingerprint density at radius 2 is 1.20 bits per heavy atom. The van der Waals surface area contributed by atoms with Gasteiger partial charge in [-0.15, -0.1) is 0 Å². The van der Waals surface area contributed by atoms with Crippen molar-refractivity contribution in [3.05, 3.63) is 54.2 Å². The number of hydrogen-bond acceptors (Lipinski definition) is 16. The van der Waals surface area contributed by atoms with Gasteiger partial charge in [-0.05, 0) is 61.7 Å². The van der Waals surface area contributed by atoms with Crippen LogP contribution < -0.4 is 64.6 Å². The SMILES string of the molecule is CSCC[C@H](NC(=O)[C@H](CC(C)C)NC(=O)[C@H](Cc1cnc[nH]1)NC(=O)CNC(=O)[C@@H](NC(=O)[C@H](C)NC(=O)[C@H](Cc1c[nH]c2ccccc12)NC(=O)[C@H](CCC(N)=O)NC(=O)CNC(=O)[C@H](CC(=O)O)NC(=O)CN)C(C)C)C(=O)O. The molecular formula is C51H75N15O15S. The van der Waals surface area contributed by atoms with Gasteiger partial charge in [-0.3, -0.25) is 57.5 Å². The lowest BCUT2D eigenvalue weighted by molar-refractivity contribution is -0.142. The number of aromatic nitrogens is 3. The van der Waals surface area contributed by atoms with Crippen molar-refractivity contribution in [3.63, 3.8) is 0 Å². The number of carbonyl (C=O) groups excluding carboxylic acids is 11. The van der Waals surface area contributed by atoms with Crippen LogP contribution in [0.2, 0.25) is 0 Å². The number of aliphatic carboxylic acids is 2. The largest absolute Gasteiger partial charge is 0.481 e. The number of carboxylic acids is 2. The summed E-state index contributed by atoms with van der Waals surface area (Å²) < 4.78 is 0. The third kappa shape index (κ3) is 23.2. The topological polar surface area (TPSA) is 479 Å². The molecule has 2 heterocycles. The smallest absolute Gasteiger partial charge is 0.326 e. The minimum atomic E-state index is -1.62. The van der Waals surface area contributed by atoms with Crippen molar-refractivity contribution in [1.29, 1.82) is 0 Å². The molecule has 2 aromatic heterocycles. The molecule has 0 aliphatic rings. The van der Waals surface area contributed by atoms with Crippen molar-refractivity contribution in [3.8, 4) is 0 Å². The monoisotopic (exact) mass is 1170 g/mol. The molecule has 11 amide bonds. The van der Waals surface area contributed by atoms with E-state index >= 15 is 0 Å². The highest BCUT2D eigenvalue weighted by atomic mass is 32.2. The second kappa shape index (κ2) is 33.9. The molecule has 0 aliphatic carbocycles. The van der Waals surface area contributed by atoms with E-state index in [-0.39, 0.29) is 31.6 Å². The number of nitrogens with zero attached hydrogens (tertiary/aromatic N) is 1. The number of fused-ring (bicyclic) bond motifs is 1. The predicted octanol–water partition coefficient (Wildman–Crippen LogP) is -3.95. The maximum absolute atomic E-state index is 14.2. The van der Waals surface area contributed by atoms with Gasteiger partial charge in [-0.25, -0.2) is 9.78 Å². The molecule has 0 spiro atoms. The lowest BCUT2D eigenvalue weighted by atomic mass is 10.0. The van der Waals surface area contributed by atoms with Crippen molar-refractivity contribution in [1.82, 2.24) is 68.1 Å². The van der Waals surface area contributed by atoms with Gasteiger partial charge in [0.15, 0.2) is 0 Å². The second-order valence-electron chi connectivity index (χ2n) is 19.8. The van der Waals surface area contributed by atoms with Crippen molar-refractivity contribution >= 4 is 99.6 Å². The molecule has 8 atom stereocenters. The molecule has 0 fully saturated rings. The van der Waals surface area contributed by atoms with Crippen molar-refractivity contribution in [2.24, 2.45) is 23.3 Å². The van der Waals surface area contributed by atoms with Gasteiger partial charge in [0.2, 0.25) is 65.0 Å². The molecule has 0 bridgehead atoms. The zero-order valence-corrected chi connectivity index (χ0v) is 47.1. The van der Waals surface area contributed by atoms with Crippen LogP contribution >= 0.6 is 11.8 Å². The Labute approximate surface area is 475 Å². The summed E-state index contributed by atoms with van der Waals surface area (Å²) in [6.45, 7) is 5.98. The molecule has 30 nitrogen and oxygen atoms in total. The number of hydrogen-bond donors (Lipinski definition) is 16. The van der Waals surface area contributed by atoms with Gasteiger partial charge in [0.1, 0.15) is 48.3 Å². The van der Waals surface area contributed by atoms with Crippen LogP contribution in [0.1, 0.15) is 78.0 Å². The number of rotatable bonds is 36. The predicted molar refractivity (Wildman–Crippen MR) is 296 cm³/mol. The number of amides is 11. The molecule has 0 radical (unpaired) electrons. The lowest BCUT2D eigenvalue weighted by Gasteiger charge is -2.26. The number of benzene rings is 1. The summed E-state index contributed by atoms with van der Waals surface area (Å²) in [5.74, 6) is -12.8. The first-order valence-corrected chi connectivity index (χ1v) is 27.5. The first kappa shape index (κ1) is 67.7. The summed E-state index contributed by atoms with van der Waals surface area (Å²) in [4.78, 5) is 179. The van der Waals surface area contributed by atoms with E-state index in [1.807, 2.05) is 0 Å². The van der Waals surface area contributed by atoms with Gasteiger partial charge in [0.25, 0.3) is 0 Å². The highest BCUT2D eigenvalue weighted by molar-refractivity contribution is 7.98. The molecule has 31 heteroatoms. The average molecular weight is 1170 g/mol. The highest BCUT2D eigenvalue weighted by Crippen LogP contribution is 2.20. The molecule has 3 rings (SSSR count). The van der Waals surface area contributed by atoms with E-state index in [1.165, 1.54) is 31.2 Å². The molecule has 18 N–H and O–H groups in total. The van der Waals surface area contributed by atoms with Crippen LogP contribution in [-0.2, 0) is 75.2 Å². The Morgan fingerprint density at radius 1 is 0.622 bits per heavy atom. The van der Waals surface area contributed by atoms with E-state index in [2.05, 4.69) is 68.1 Å². The van der Waals surface area contributed by atoms with E-state index < -0.39 is 170 Å². The number of para-hydroxylation sites is 1. The highest BCUT2D eigenvalue weighted by Gasteiger charge is 2.34. The maximum atomic E-state index is 14.2. The van der Waals surface area contributed by atoms with E-state index in [1.54, 1.807) is 64.4 Å². The molecule has 450 valence electrons. The van der Waals surface area contributed by atoms with Crippen molar-refractivity contribution < 1.29 is 72.5 Å². The summed E-state index contributed by atoms with van der Waals surface area (Å²) >= 11 is 1.40. The van der Waals surface area contributed by atoms with Gasteiger partial charge < -0.3 is 84.8 Å². The number of H-pyrrole nitrogens is 2. The zero-order valence-electron chi connectivity index (χ0n) is 46.3. The summed E-state index contributed by atoms with van der Waals surface area (Å²) in [7, 11) is 0. The number of aromatic amines is 2. The molecule has 0 unspecified atom stereocenters. The van der Waals surface area contributed by atoms with Crippen LogP contribution in [-0.4, -0.2) is 182 Å². The van der Waals surface area contributed by atoms with E-state index in [9.17, 15) is 72.5 Å². The number of imidazole rings is 1. The van der Waals surface area contributed by atoms with Crippen LogP contribution in [0.5, 0.6) is 0 Å². The van der Waals surface area contributed by atoms with Gasteiger partial charge in [0, 0.05) is 48.3 Å². The Balaban J connectivity index is 1.77. The van der Waals surface area contributed by atoms with Crippen LogP contribution in [0.3, 0.4) is 0 Å².